The van der Waals surface area contributed by atoms with Crippen molar-refractivity contribution < 1.29 is 5.11 Å². The first-order chi connectivity index (χ1) is 5.47. The Hall–Kier alpha value is -0.820. The van der Waals surface area contributed by atoms with Gasteiger partial charge in [-0.15, -0.1) is 0 Å². The summed E-state index contributed by atoms with van der Waals surface area (Å²) < 4.78 is 0. The maximum Gasteiger partial charge on any atom is 0.0631 e. The van der Waals surface area contributed by atoms with Gasteiger partial charge in [0.25, 0.3) is 0 Å². The van der Waals surface area contributed by atoms with Crippen LogP contribution in [0.2, 0.25) is 0 Å². The number of rotatable bonds is 2. The van der Waals surface area contributed by atoms with Crippen molar-refractivity contribution >= 4 is 0 Å². The quantitative estimate of drug-likeness (QED) is 0.711. The van der Waals surface area contributed by atoms with Crippen LogP contribution in [-0.2, 0) is 6.42 Å². The molecule has 0 saturated heterocycles. The van der Waals surface area contributed by atoms with E-state index in [2.05, 4.69) is 31.2 Å². The van der Waals surface area contributed by atoms with E-state index in [1.807, 2.05) is 13.8 Å². The van der Waals surface area contributed by atoms with Gasteiger partial charge >= 0.3 is 0 Å². The highest BCUT2D eigenvalue weighted by atomic mass is 16.3. The lowest BCUT2D eigenvalue weighted by Gasteiger charge is -2.16. The van der Waals surface area contributed by atoms with Crippen molar-refractivity contribution in [1.82, 2.24) is 0 Å². The van der Waals surface area contributed by atoms with Crippen LogP contribution in [0.4, 0.5) is 0 Å². The zero-order valence-electron chi connectivity index (χ0n) is 7.96. The minimum absolute atomic E-state index is 0.602. The Morgan fingerprint density at radius 1 is 1.17 bits per heavy atom. The van der Waals surface area contributed by atoms with Gasteiger partial charge in [0.2, 0.25) is 0 Å². The lowest BCUT2D eigenvalue weighted by Crippen LogP contribution is -2.21. The zero-order valence-corrected chi connectivity index (χ0v) is 7.96. The van der Waals surface area contributed by atoms with Crippen molar-refractivity contribution in [1.29, 1.82) is 0 Å². The Morgan fingerprint density at radius 3 is 2.08 bits per heavy atom. The fourth-order valence-electron chi connectivity index (χ4n) is 1.21. The van der Waals surface area contributed by atoms with Crippen molar-refractivity contribution in [2.45, 2.75) is 32.8 Å². The lowest BCUT2D eigenvalue weighted by molar-refractivity contribution is 0.0810. The van der Waals surface area contributed by atoms with Gasteiger partial charge in [0.05, 0.1) is 5.60 Å². The van der Waals surface area contributed by atoms with Gasteiger partial charge in [0, 0.05) is 6.42 Å². The average Bonchev–Trinajstić information content (AvgIpc) is 1.91. The number of hydrogen-bond donors (Lipinski definition) is 1. The third-order valence-electron chi connectivity index (χ3n) is 1.76. The molecule has 0 fully saturated rings. The van der Waals surface area contributed by atoms with Gasteiger partial charge in [-0.3, -0.25) is 0 Å². The monoisotopic (exact) mass is 164 g/mol. The van der Waals surface area contributed by atoms with Crippen LogP contribution < -0.4 is 0 Å². The first-order valence-corrected chi connectivity index (χ1v) is 4.25. The normalized spacial score (nSPS) is 11.7. The molecule has 0 bridgehead atoms. The molecule has 0 saturated carbocycles. The molecular weight excluding hydrogens is 148 g/mol. The number of hydrogen-bond acceptors (Lipinski definition) is 1. The average molecular weight is 164 g/mol. The summed E-state index contributed by atoms with van der Waals surface area (Å²) in [6.07, 6.45) is 0.716. The lowest BCUT2D eigenvalue weighted by atomic mass is 9.98. The standard InChI is InChI=1S/C11H16O/c1-9-4-6-10(7-5-9)8-11(2,3)12/h4-7,12H,8H2,1-3H3. The fourth-order valence-corrected chi connectivity index (χ4v) is 1.21. The van der Waals surface area contributed by atoms with Gasteiger partial charge in [-0.05, 0) is 26.3 Å². The minimum atomic E-state index is -0.602. The van der Waals surface area contributed by atoms with Gasteiger partial charge < -0.3 is 5.11 Å². The molecule has 12 heavy (non-hydrogen) atoms. The van der Waals surface area contributed by atoms with E-state index in [1.54, 1.807) is 0 Å². The summed E-state index contributed by atoms with van der Waals surface area (Å²) in [6, 6.07) is 8.27. The Morgan fingerprint density at radius 2 is 1.67 bits per heavy atom. The van der Waals surface area contributed by atoms with Crippen LogP contribution in [0.15, 0.2) is 24.3 Å². The molecule has 1 aromatic carbocycles. The van der Waals surface area contributed by atoms with Crippen LogP contribution >= 0.6 is 0 Å². The summed E-state index contributed by atoms with van der Waals surface area (Å²) in [5.74, 6) is 0. The maximum absolute atomic E-state index is 9.54. The fraction of sp³-hybridized carbons (Fsp3) is 0.455. The van der Waals surface area contributed by atoms with Crippen LogP contribution in [0.3, 0.4) is 0 Å². The summed E-state index contributed by atoms with van der Waals surface area (Å²) in [5.41, 5.74) is 1.84. The molecule has 0 unspecified atom stereocenters. The largest absolute Gasteiger partial charge is 0.390 e. The van der Waals surface area contributed by atoms with Crippen molar-refractivity contribution in [2.24, 2.45) is 0 Å². The second kappa shape index (κ2) is 3.28. The van der Waals surface area contributed by atoms with E-state index >= 15 is 0 Å². The molecule has 0 atom stereocenters. The molecule has 0 aliphatic carbocycles. The Balaban J connectivity index is 2.71. The van der Waals surface area contributed by atoms with Crippen LogP contribution in [0, 0.1) is 6.92 Å². The SMILES string of the molecule is Cc1ccc(CC(C)(C)O)cc1. The molecule has 0 heterocycles. The van der Waals surface area contributed by atoms with E-state index in [4.69, 9.17) is 0 Å². The van der Waals surface area contributed by atoms with Crippen molar-refractivity contribution in [2.75, 3.05) is 0 Å². The number of aliphatic hydroxyl groups is 1. The van der Waals surface area contributed by atoms with Crippen molar-refractivity contribution in [3.63, 3.8) is 0 Å². The molecule has 0 amide bonds. The second-order valence-electron chi connectivity index (χ2n) is 3.97. The minimum Gasteiger partial charge on any atom is -0.390 e. The van der Waals surface area contributed by atoms with E-state index in [0.29, 0.717) is 6.42 Å². The predicted octanol–water partition coefficient (Wildman–Crippen LogP) is 2.31. The maximum atomic E-state index is 9.54. The smallest absolute Gasteiger partial charge is 0.0631 e. The topological polar surface area (TPSA) is 20.2 Å². The first kappa shape index (κ1) is 9.27. The van der Waals surface area contributed by atoms with Crippen molar-refractivity contribution in [3.05, 3.63) is 35.4 Å². The molecule has 0 radical (unpaired) electrons. The van der Waals surface area contributed by atoms with E-state index in [9.17, 15) is 5.11 Å². The molecule has 0 aromatic heterocycles. The Labute approximate surface area is 74.1 Å². The van der Waals surface area contributed by atoms with Gasteiger partial charge in [-0.2, -0.15) is 0 Å². The van der Waals surface area contributed by atoms with E-state index in [1.165, 1.54) is 11.1 Å². The van der Waals surface area contributed by atoms with Gasteiger partial charge in [0.1, 0.15) is 0 Å². The molecule has 0 aliphatic heterocycles. The molecule has 1 rings (SSSR count). The third kappa shape index (κ3) is 3.05. The Bertz CT molecular complexity index is 241. The predicted molar refractivity (Wildman–Crippen MR) is 51.2 cm³/mol. The molecule has 1 heteroatoms. The molecule has 1 aromatic rings. The molecular formula is C11H16O. The van der Waals surface area contributed by atoms with Crippen LogP contribution in [-0.4, -0.2) is 10.7 Å². The van der Waals surface area contributed by atoms with Gasteiger partial charge in [-0.25, -0.2) is 0 Å². The Kier molecular flexibility index (Phi) is 2.53. The number of benzene rings is 1. The summed E-state index contributed by atoms with van der Waals surface area (Å²) in [5, 5.41) is 9.54. The van der Waals surface area contributed by atoms with E-state index < -0.39 is 5.60 Å². The van der Waals surface area contributed by atoms with Crippen LogP contribution in [0.1, 0.15) is 25.0 Å². The molecule has 66 valence electrons. The van der Waals surface area contributed by atoms with Crippen molar-refractivity contribution in [3.8, 4) is 0 Å². The summed E-state index contributed by atoms with van der Waals surface area (Å²) in [6.45, 7) is 5.72. The molecule has 0 aliphatic rings. The highest BCUT2D eigenvalue weighted by molar-refractivity contribution is 5.22. The van der Waals surface area contributed by atoms with Gasteiger partial charge in [0.15, 0.2) is 0 Å². The van der Waals surface area contributed by atoms with Crippen LogP contribution in [0.25, 0.3) is 0 Å². The molecule has 1 nitrogen and oxygen atoms in total. The summed E-state index contributed by atoms with van der Waals surface area (Å²) in [7, 11) is 0. The van der Waals surface area contributed by atoms with Gasteiger partial charge in [-0.1, -0.05) is 29.8 Å². The highest BCUT2D eigenvalue weighted by Gasteiger charge is 2.12. The molecule has 0 spiro atoms. The van der Waals surface area contributed by atoms with Crippen LogP contribution in [0.5, 0.6) is 0 Å². The first-order valence-electron chi connectivity index (χ1n) is 4.25. The highest BCUT2D eigenvalue weighted by Crippen LogP contribution is 2.12. The number of aryl methyl sites for hydroxylation is 1. The second-order valence-corrected chi connectivity index (χ2v) is 3.97. The van der Waals surface area contributed by atoms with E-state index in [-0.39, 0.29) is 0 Å². The van der Waals surface area contributed by atoms with E-state index in [0.717, 1.165) is 0 Å². The molecule has 1 N–H and O–H groups in total. The summed E-state index contributed by atoms with van der Waals surface area (Å²) >= 11 is 0. The third-order valence-corrected chi connectivity index (χ3v) is 1.76. The zero-order chi connectivity index (χ0) is 9.19. The summed E-state index contributed by atoms with van der Waals surface area (Å²) in [4.78, 5) is 0.